The molecule has 92 valence electrons. The number of hydrogen-bond donors (Lipinski definition) is 0. The van der Waals surface area contributed by atoms with Crippen LogP contribution in [0.3, 0.4) is 0 Å². The zero-order valence-electron chi connectivity index (χ0n) is 10.6. The fraction of sp³-hybridized carbons (Fsp3) is 0.533. The molecule has 2 heteroatoms. The van der Waals surface area contributed by atoms with Gasteiger partial charge in [-0.15, -0.1) is 0 Å². The Morgan fingerprint density at radius 3 is 2.47 bits per heavy atom. The Balaban J connectivity index is 1.91. The Kier molecular flexibility index (Phi) is 4.32. The average molecular weight is 231 g/mol. The number of Topliss-reactive ketones (excluding diaryl/α,β-unsaturated/α-hetero) is 1. The average Bonchev–Trinajstić information content (AvgIpc) is 2.40. The molecule has 0 aliphatic carbocycles. The summed E-state index contributed by atoms with van der Waals surface area (Å²) < 4.78 is 0. The van der Waals surface area contributed by atoms with Crippen LogP contribution in [0.25, 0.3) is 0 Å². The lowest BCUT2D eigenvalue weighted by molar-refractivity contribution is 0.0840. The molecule has 0 unspecified atom stereocenters. The lowest BCUT2D eigenvalue weighted by atomic mass is 9.89. The van der Waals surface area contributed by atoms with Crippen molar-refractivity contribution in [1.82, 2.24) is 4.90 Å². The van der Waals surface area contributed by atoms with Gasteiger partial charge in [-0.2, -0.15) is 0 Å². The van der Waals surface area contributed by atoms with Gasteiger partial charge in [-0.1, -0.05) is 37.3 Å². The summed E-state index contributed by atoms with van der Waals surface area (Å²) in [6.07, 6.45) is 3.25. The third-order valence-electron chi connectivity index (χ3n) is 3.56. The summed E-state index contributed by atoms with van der Waals surface area (Å²) in [5, 5.41) is 0. The van der Waals surface area contributed by atoms with Crippen LogP contribution in [0.5, 0.6) is 0 Å². The molecule has 1 aliphatic heterocycles. The van der Waals surface area contributed by atoms with Crippen LogP contribution in [-0.2, 0) is 0 Å². The maximum atomic E-state index is 12.2. The summed E-state index contributed by atoms with van der Waals surface area (Å²) in [5.74, 6) is 0.576. The predicted molar refractivity (Wildman–Crippen MR) is 70.2 cm³/mol. The molecule has 0 atom stereocenters. The van der Waals surface area contributed by atoms with Crippen molar-refractivity contribution in [3.63, 3.8) is 0 Å². The second-order valence-corrected chi connectivity index (χ2v) is 4.85. The van der Waals surface area contributed by atoms with Crippen LogP contribution in [-0.4, -0.2) is 30.3 Å². The van der Waals surface area contributed by atoms with Gasteiger partial charge in [0.2, 0.25) is 0 Å². The summed E-state index contributed by atoms with van der Waals surface area (Å²) in [4.78, 5) is 14.7. The molecule has 1 fully saturated rings. The van der Waals surface area contributed by atoms with Crippen molar-refractivity contribution in [2.45, 2.75) is 26.2 Å². The Bertz CT molecular complexity index is 352. The Morgan fingerprint density at radius 1 is 1.24 bits per heavy atom. The van der Waals surface area contributed by atoms with Crippen molar-refractivity contribution < 1.29 is 4.79 Å². The number of ketones is 1. The lowest BCUT2D eigenvalue weighted by Gasteiger charge is -2.30. The van der Waals surface area contributed by atoms with Gasteiger partial charge in [-0.25, -0.2) is 0 Å². The van der Waals surface area contributed by atoms with Crippen molar-refractivity contribution >= 4 is 5.78 Å². The molecule has 1 saturated heterocycles. The van der Waals surface area contributed by atoms with Crippen LogP contribution in [0, 0.1) is 5.92 Å². The molecule has 2 rings (SSSR count). The maximum absolute atomic E-state index is 12.2. The monoisotopic (exact) mass is 231 g/mol. The largest absolute Gasteiger partial charge is 0.303 e. The predicted octanol–water partition coefficient (Wildman–Crippen LogP) is 2.99. The Hall–Kier alpha value is -1.15. The summed E-state index contributed by atoms with van der Waals surface area (Å²) in [6.45, 7) is 5.54. The van der Waals surface area contributed by atoms with E-state index in [0.717, 1.165) is 31.5 Å². The minimum absolute atomic E-state index is 0.241. The highest BCUT2D eigenvalue weighted by Gasteiger charge is 2.24. The zero-order valence-corrected chi connectivity index (χ0v) is 10.6. The second kappa shape index (κ2) is 5.97. The number of likely N-dealkylation sites (tertiary alicyclic amines) is 1. The third-order valence-corrected chi connectivity index (χ3v) is 3.56. The second-order valence-electron chi connectivity index (χ2n) is 4.85. The van der Waals surface area contributed by atoms with Gasteiger partial charge in [-0.05, 0) is 38.9 Å². The number of piperidine rings is 1. The Labute approximate surface area is 104 Å². The van der Waals surface area contributed by atoms with E-state index < -0.39 is 0 Å². The van der Waals surface area contributed by atoms with Crippen LogP contribution in [0.4, 0.5) is 0 Å². The van der Waals surface area contributed by atoms with E-state index in [1.54, 1.807) is 0 Å². The van der Waals surface area contributed by atoms with Gasteiger partial charge < -0.3 is 4.90 Å². The molecule has 17 heavy (non-hydrogen) atoms. The first-order chi connectivity index (χ1) is 8.31. The zero-order chi connectivity index (χ0) is 12.1. The van der Waals surface area contributed by atoms with E-state index in [1.165, 1.54) is 13.0 Å². The van der Waals surface area contributed by atoms with E-state index in [-0.39, 0.29) is 5.92 Å². The molecule has 1 aromatic rings. The maximum Gasteiger partial charge on any atom is 0.166 e. The van der Waals surface area contributed by atoms with E-state index in [4.69, 9.17) is 0 Å². The molecule has 1 aliphatic rings. The van der Waals surface area contributed by atoms with Crippen LogP contribution in [0.2, 0.25) is 0 Å². The molecular weight excluding hydrogens is 210 g/mol. The smallest absolute Gasteiger partial charge is 0.166 e. The first-order valence-electron chi connectivity index (χ1n) is 6.63. The molecule has 1 aromatic carbocycles. The van der Waals surface area contributed by atoms with Crippen molar-refractivity contribution in [2.75, 3.05) is 19.6 Å². The molecule has 1 heterocycles. The molecule has 0 radical (unpaired) electrons. The van der Waals surface area contributed by atoms with Gasteiger partial charge >= 0.3 is 0 Å². The van der Waals surface area contributed by atoms with Crippen molar-refractivity contribution in [1.29, 1.82) is 0 Å². The first kappa shape index (κ1) is 12.3. The van der Waals surface area contributed by atoms with Crippen LogP contribution in [0.1, 0.15) is 36.5 Å². The summed E-state index contributed by atoms with van der Waals surface area (Å²) in [7, 11) is 0. The summed E-state index contributed by atoms with van der Waals surface area (Å²) in [5.41, 5.74) is 0.876. The molecule has 2 nitrogen and oxygen atoms in total. The third kappa shape index (κ3) is 3.16. The van der Waals surface area contributed by atoms with Gasteiger partial charge in [0.25, 0.3) is 0 Å². The number of rotatable bonds is 4. The molecule has 0 bridgehead atoms. The molecule has 0 amide bonds. The fourth-order valence-corrected chi connectivity index (χ4v) is 2.57. The van der Waals surface area contributed by atoms with Crippen LogP contribution < -0.4 is 0 Å². The summed E-state index contributed by atoms with van der Waals surface area (Å²) >= 11 is 0. The standard InChI is InChI=1S/C15H21NO/c1-2-10-16-11-8-14(9-12-16)15(17)13-6-4-3-5-7-13/h3-7,14H,2,8-12H2,1H3. The first-order valence-corrected chi connectivity index (χ1v) is 6.63. The van der Waals surface area contributed by atoms with E-state index in [9.17, 15) is 4.79 Å². The van der Waals surface area contributed by atoms with Crippen LogP contribution in [0.15, 0.2) is 30.3 Å². The molecule has 0 spiro atoms. The van der Waals surface area contributed by atoms with Gasteiger partial charge in [0.1, 0.15) is 0 Å². The Morgan fingerprint density at radius 2 is 1.88 bits per heavy atom. The molecule has 0 N–H and O–H groups in total. The number of nitrogens with zero attached hydrogens (tertiary/aromatic N) is 1. The van der Waals surface area contributed by atoms with E-state index in [0.29, 0.717) is 5.78 Å². The SMILES string of the molecule is CCCN1CCC(C(=O)c2ccccc2)CC1. The normalized spacial score (nSPS) is 18.2. The van der Waals surface area contributed by atoms with Crippen molar-refractivity contribution in [3.8, 4) is 0 Å². The topological polar surface area (TPSA) is 20.3 Å². The molecule has 0 saturated carbocycles. The van der Waals surface area contributed by atoms with E-state index in [2.05, 4.69) is 11.8 Å². The number of carbonyl (C=O) groups is 1. The number of benzene rings is 1. The van der Waals surface area contributed by atoms with Gasteiger partial charge in [0.05, 0.1) is 0 Å². The van der Waals surface area contributed by atoms with Gasteiger partial charge in [-0.3, -0.25) is 4.79 Å². The highest BCUT2D eigenvalue weighted by molar-refractivity contribution is 5.97. The minimum Gasteiger partial charge on any atom is -0.303 e. The van der Waals surface area contributed by atoms with E-state index >= 15 is 0 Å². The number of carbonyl (C=O) groups excluding carboxylic acids is 1. The van der Waals surface area contributed by atoms with Crippen molar-refractivity contribution in [2.24, 2.45) is 5.92 Å². The molecule has 0 aromatic heterocycles. The summed E-state index contributed by atoms with van der Waals surface area (Å²) in [6, 6.07) is 9.71. The van der Waals surface area contributed by atoms with Crippen molar-refractivity contribution in [3.05, 3.63) is 35.9 Å². The van der Waals surface area contributed by atoms with Gasteiger partial charge in [0, 0.05) is 11.5 Å². The quantitative estimate of drug-likeness (QED) is 0.742. The van der Waals surface area contributed by atoms with Gasteiger partial charge in [0.15, 0.2) is 5.78 Å². The number of hydrogen-bond acceptors (Lipinski definition) is 2. The van der Waals surface area contributed by atoms with E-state index in [1.807, 2.05) is 30.3 Å². The molecular formula is C15H21NO. The highest BCUT2D eigenvalue weighted by Crippen LogP contribution is 2.21. The van der Waals surface area contributed by atoms with Crippen LogP contribution >= 0.6 is 0 Å². The minimum atomic E-state index is 0.241. The highest BCUT2D eigenvalue weighted by atomic mass is 16.1. The fourth-order valence-electron chi connectivity index (χ4n) is 2.57. The lowest BCUT2D eigenvalue weighted by Crippen LogP contribution is -2.36.